The molecule has 0 atom stereocenters. The zero-order chi connectivity index (χ0) is 27.0. The Morgan fingerprint density at radius 1 is 0.895 bits per heavy atom. The second-order valence-electron chi connectivity index (χ2n) is 9.19. The molecule has 0 bridgehead atoms. The lowest BCUT2D eigenvalue weighted by atomic mass is 9.98. The number of fused-ring (bicyclic) bond motifs is 2. The largest absolute Gasteiger partial charge is 0.489 e. The molecule has 0 saturated carbocycles. The topological polar surface area (TPSA) is 93.1 Å². The van der Waals surface area contributed by atoms with Crippen LogP contribution in [0.3, 0.4) is 0 Å². The molecule has 4 aromatic carbocycles. The van der Waals surface area contributed by atoms with Crippen LogP contribution in [0.25, 0.3) is 10.8 Å². The molecule has 2 amide bonds. The average Bonchev–Trinajstić information content (AvgIpc) is 3.15. The molecule has 0 fully saturated rings. The number of hydrogen-bond acceptors (Lipinski definition) is 5. The van der Waals surface area contributed by atoms with Crippen molar-refractivity contribution in [1.29, 1.82) is 0 Å². The minimum absolute atomic E-state index is 0.0172. The second kappa shape index (κ2) is 9.97. The van der Waals surface area contributed by atoms with Crippen molar-refractivity contribution in [1.82, 2.24) is 0 Å². The van der Waals surface area contributed by atoms with Crippen molar-refractivity contribution in [3.63, 3.8) is 0 Å². The van der Waals surface area contributed by atoms with Gasteiger partial charge in [0, 0.05) is 10.8 Å². The normalized spacial score (nSPS) is 12.8. The van der Waals surface area contributed by atoms with Crippen LogP contribution in [0, 0.1) is 5.82 Å². The van der Waals surface area contributed by atoms with Crippen LogP contribution in [-0.4, -0.2) is 29.0 Å². The van der Waals surface area contributed by atoms with Gasteiger partial charge in [0.1, 0.15) is 23.9 Å². The van der Waals surface area contributed by atoms with E-state index in [1.54, 1.807) is 24.3 Å². The Labute approximate surface area is 218 Å². The third-order valence-electron chi connectivity index (χ3n) is 6.17. The van der Waals surface area contributed by atoms with Gasteiger partial charge in [-0.05, 0) is 37.1 Å². The van der Waals surface area contributed by atoms with Crippen LogP contribution in [0.2, 0.25) is 0 Å². The Bertz CT molecular complexity index is 1580. The number of hydrogen-bond donors (Lipinski definition) is 1. The Morgan fingerprint density at radius 3 is 2.11 bits per heavy atom. The highest BCUT2D eigenvalue weighted by atomic mass is 19.1. The maximum Gasteiger partial charge on any atom is 0.307 e. The number of aliphatic carboxylic acids is 1. The first-order chi connectivity index (χ1) is 18.3. The minimum atomic E-state index is -1.19. The van der Waals surface area contributed by atoms with E-state index in [1.807, 2.05) is 44.2 Å². The summed E-state index contributed by atoms with van der Waals surface area (Å²) < 4.78 is 27.0. The number of halogens is 1. The summed E-state index contributed by atoms with van der Waals surface area (Å²) in [4.78, 5) is 39.6. The van der Waals surface area contributed by atoms with Gasteiger partial charge in [-0.2, -0.15) is 0 Å². The summed E-state index contributed by atoms with van der Waals surface area (Å²) in [7, 11) is 0. The van der Waals surface area contributed by atoms with E-state index in [0.29, 0.717) is 10.8 Å². The lowest BCUT2D eigenvalue weighted by Crippen LogP contribution is -2.29. The molecule has 8 heteroatoms. The summed E-state index contributed by atoms with van der Waals surface area (Å²) in [6.45, 7) is 3.79. The molecular weight excluding hydrogens is 489 g/mol. The molecule has 192 valence electrons. The fourth-order valence-electron chi connectivity index (χ4n) is 4.55. The number of rotatable bonds is 8. The summed E-state index contributed by atoms with van der Waals surface area (Å²) in [5, 5.41) is 10.2. The van der Waals surface area contributed by atoms with Crippen molar-refractivity contribution in [3.8, 4) is 11.5 Å². The molecule has 7 nitrogen and oxygen atoms in total. The monoisotopic (exact) mass is 513 g/mol. The number of carboxylic acid groups (broad SMARTS) is 1. The van der Waals surface area contributed by atoms with E-state index in [4.69, 9.17) is 14.6 Å². The van der Waals surface area contributed by atoms with Crippen molar-refractivity contribution < 1.29 is 33.4 Å². The molecule has 1 aliphatic heterocycles. The molecule has 0 aromatic heterocycles. The van der Waals surface area contributed by atoms with Crippen molar-refractivity contribution in [2.45, 2.75) is 33.0 Å². The summed E-state index contributed by atoms with van der Waals surface area (Å²) in [5.74, 6) is -2.90. The van der Waals surface area contributed by atoms with Gasteiger partial charge in [-0.15, -0.1) is 0 Å². The number of carbonyl (C=O) groups is 3. The first-order valence-electron chi connectivity index (χ1n) is 12.1. The van der Waals surface area contributed by atoms with E-state index in [1.165, 1.54) is 12.1 Å². The van der Waals surface area contributed by atoms with Crippen LogP contribution in [0.1, 0.15) is 45.7 Å². The van der Waals surface area contributed by atoms with Gasteiger partial charge < -0.3 is 14.6 Å². The quantitative estimate of drug-likeness (QED) is 0.301. The number of carbonyl (C=O) groups excluding carboxylic acids is 2. The molecule has 0 unspecified atom stereocenters. The van der Waals surface area contributed by atoms with E-state index in [-0.39, 0.29) is 46.6 Å². The van der Waals surface area contributed by atoms with Crippen molar-refractivity contribution in [2.24, 2.45) is 0 Å². The fraction of sp³-hybridized carbons (Fsp3) is 0.167. The van der Waals surface area contributed by atoms with Crippen LogP contribution in [-0.2, 0) is 17.8 Å². The van der Waals surface area contributed by atoms with E-state index < -0.39 is 30.0 Å². The van der Waals surface area contributed by atoms with Gasteiger partial charge >= 0.3 is 5.97 Å². The molecular formula is C30H24FNO6. The molecule has 38 heavy (non-hydrogen) atoms. The van der Waals surface area contributed by atoms with Gasteiger partial charge in [0.25, 0.3) is 11.8 Å². The fourth-order valence-corrected chi connectivity index (χ4v) is 4.55. The average molecular weight is 514 g/mol. The number of ether oxygens (including phenoxy) is 2. The van der Waals surface area contributed by atoms with E-state index in [0.717, 1.165) is 16.5 Å². The summed E-state index contributed by atoms with van der Waals surface area (Å²) in [6.07, 6.45) is -0.827. The number of imide groups is 1. The van der Waals surface area contributed by atoms with Gasteiger partial charge in [0.05, 0.1) is 29.3 Å². The SMILES string of the molecule is CC(C)Oc1c2c(c(OCc3ccccc3)c3ccccc13)C(=O)N(c1ccc(CC(=O)O)c(F)c1)C2=O. The number of carboxylic acids is 1. The molecule has 0 radical (unpaired) electrons. The van der Waals surface area contributed by atoms with Gasteiger partial charge in [-0.1, -0.05) is 60.7 Å². The highest BCUT2D eigenvalue weighted by molar-refractivity contribution is 6.38. The van der Waals surface area contributed by atoms with E-state index in [9.17, 15) is 18.8 Å². The number of benzene rings is 4. The highest BCUT2D eigenvalue weighted by Crippen LogP contribution is 2.46. The Balaban J connectivity index is 1.68. The Hall–Kier alpha value is -4.72. The molecule has 1 N–H and O–H groups in total. The molecule has 1 heterocycles. The zero-order valence-electron chi connectivity index (χ0n) is 20.7. The molecule has 0 spiro atoms. The van der Waals surface area contributed by atoms with Gasteiger partial charge in [0.2, 0.25) is 0 Å². The standard InChI is InChI=1S/C30H24FNO6/c1-17(2)38-28-22-11-7-6-10-21(22)27(37-16-18-8-4-3-5-9-18)25-26(28)30(36)32(29(25)35)20-13-12-19(14-24(33)34)23(31)15-20/h3-13,15,17H,14,16H2,1-2H3,(H,33,34). The highest BCUT2D eigenvalue weighted by Gasteiger charge is 2.44. The third kappa shape index (κ3) is 4.45. The molecule has 0 aliphatic carbocycles. The molecule has 5 rings (SSSR count). The number of nitrogens with zero attached hydrogens (tertiary/aromatic N) is 1. The summed E-state index contributed by atoms with van der Waals surface area (Å²) in [5.41, 5.74) is 0.879. The van der Waals surface area contributed by atoms with Gasteiger partial charge in [0.15, 0.2) is 0 Å². The zero-order valence-corrected chi connectivity index (χ0v) is 20.7. The van der Waals surface area contributed by atoms with Crippen LogP contribution in [0.15, 0.2) is 72.8 Å². The lowest BCUT2D eigenvalue weighted by molar-refractivity contribution is -0.136. The first kappa shape index (κ1) is 25.0. The van der Waals surface area contributed by atoms with Crippen LogP contribution in [0.4, 0.5) is 10.1 Å². The Kier molecular flexibility index (Phi) is 6.55. The third-order valence-corrected chi connectivity index (χ3v) is 6.17. The van der Waals surface area contributed by atoms with E-state index in [2.05, 4.69) is 0 Å². The van der Waals surface area contributed by atoms with Gasteiger partial charge in [-0.25, -0.2) is 9.29 Å². The predicted octanol–water partition coefficient (Wildman–Crippen LogP) is 5.77. The lowest BCUT2D eigenvalue weighted by Gasteiger charge is -2.19. The maximum atomic E-state index is 14.8. The summed E-state index contributed by atoms with van der Waals surface area (Å²) in [6, 6.07) is 20.2. The Morgan fingerprint density at radius 2 is 1.50 bits per heavy atom. The van der Waals surface area contributed by atoms with Gasteiger partial charge in [-0.3, -0.25) is 14.4 Å². The molecule has 1 aliphatic rings. The summed E-state index contributed by atoms with van der Waals surface area (Å²) >= 11 is 0. The van der Waals surface area contributed by atoms with Crippen LogP contribution in [0.5, 0.6) is 11.5 Å². The number of amides is 2. The number of anilines is 1. The molecule has 0 saturated heterocycles. The smallest absolute Gasteiger partial charge is 0.307 e. The predicted molar refractivity (Wildman–Crippen MR) is 139 cm³/mol. The van der Waals surface area contributed by atoms with E-state index >= 15 is 0 Å². The first-order valence-corrected chi connectivity index (χ1v) is 12.1. The van der Waals surface area contributed by atoms with Crippen molar-refractivity contribution in [2.75, 3.05) is 4.90 Å². The minimum Gasteiger partial charge on any atom is -0.489 e. The van der Waals surface area contributed by atoms with Crippen LogP contribution < -0.4 is 14.4 Å². The van der Waals surface area contributed by atoms with Crippen molar-refractivity contribution in [3.05, 3.63) is 101 Å². The maximum absolute atomic E-state index is 14.8. The second-order valence-corrected chi connectivity index (χ2v) is 9.19. The van der Waals surface area contributed by atoms with Crippen molar-refractivity contribution >= 4 is 34.2 Å². The molecule has 4 aromatic rings. The van der Waals surface area contributed by atoms with Crippen LogP contribution >= 0.6 is 0 Å².